The first-order valence-corrected chi connectivity index (χ1v) is 11.6. The molecule has 0 N–H and O–H groups in total. The Kier molecular flexibility index (Phi) is 7.35. The van der Waals surface area contributed by atoms with Crippen molar-refractivity contribution in [2.24, 2.45) is 5.92 Å². The summed E-state index contributed by atoms with van der Waals surface area (Å²) < 4.78 is 62.0. The van der Waals surface area contributed by atoms with E-state index in [1.165, 1.54) is 36.4 Å². The predicted octanol–water partition coefficient (Wildman–Crippen LogP) is 8.25. The zero-order valence-electron chi connectivity index (χ0n) is 18.9. The number of fused-ring (bicyclic) bond motifs is 1. The summed E-state index contributed by atoms with van der Waals surface area (Å²) in [5, 5.41) is 0.305. The van der Waals surface area contributed by atoms with Crippen molar-refractivity contribution in [2.45, 2.75) is 51.4 Å². The summed E-state index contributed by atoms with van der Waals surface area (Å²) in [6, 6.07) is 8.55. The first kappa shape index (κ1) is 24.0. The Bertz CT molecular complexity index is 1200. The van der Waals surface area contributed by atoms with Crippen molar-refractivity contribution in [3.63, 3.8) is 0 Å². The van der Waals surface area contributed by atoms with Crippen molar-refractivity contribution < 1.29 is 27.1 Å². The van der Waals surface area contributed by atoms with Crippen LogP contribution in [0.4, 0.5) is 17.6 Å². The average molecular weight is 471 g/mol. The molecule has 0 saturated heterocycles. The van der Waals surface area contributed by atoms with Gasteiger partial charge in [0.05, 0.1) is 0 Å². The largest absolute Gasteiger partial charge is 0.423 e. The zero-order chi connectivity index (χ0) is 24.2. The van der Waals surface area contributed by atoms with Crippen molar-refractivity contribution in [1.29, 1.82) is 0 Å². The minimum absolute atomic E-state index is 0.0121. The lowest BCUT2D eigenvalue weighted by Crippen LogP contribution is -2.16. The van der Waals surface area contributed by atoms with E-state index in [1.807, 2.05) is 13.0 Å². The van der Waals surface area contributed by atoms with Crippen LogP contribution >= 0.6 is 0 Å². The highest BCUT2D eigenvalue weighted by molar-refractivity contribution is 5.93. The second-order valence-electron chi connectivity index (χ2n) is 8.86. The normalized spacial score (nSPS) is 18.5. The van der Waals surface area contributed by atoms with Gasteiger partial charge >= 0.3 is 5.97 Å². The molecule has 0 radical (unpaired) electrons. The molecule has 34 heavy (non-hydrogen) atoms. The van der Waals surface area contributed by atoms with E-state index in [2.05, 4.69) is 6.08 Å². The third kappa shape index (κ3) is 5.16. The van der Waals surface area contributed by atoms with E-state index in [9.17, 15) is 22.4 Å². The van der Waals surface area contributed by atoms with E-state index in [0.717, 1.165) is 44.6 Å². The van der Waals surface area contributed by atoms with Crippen LogP contribution in [0.2, 0.25) is 0 Å². The molecule has 0 aromatic heterocycles. The molecule has 0 unspecified atom stereocenters. The lowest BCUT2D eigenvalue weighted by Gasteiger charge is -2.28. The topological polar surface area (TPSA) is 26.3 Å². The maximum atomic E-state index is 14.8. The molecular weight excluding hydrogens is 444 g/mol. The van der Waals surface area contributed by atoms with Crippen molar-refractivity contribution >= 4 is 16.7 Å². The van der Waals surface area contributed by atoms with Crippen LogP contribution in [-0.2, 0) is 0 Å². The standard InChI is InChI=1S/C28H26F4O2/c1-2-3-4-5-17-6-8-18(9-7-17)20-15-24(30)26(25(31)16-20)28(33)34-21-11-12-22-19(14-21)10-13-23(29)27(22)32/h2-3,10-18H,4-9H2,1H3/b3-2+. The number of hydrogen-bond donors (Lipinski definition) is 0. The molecule has 3 aromatic rings. The van der Waals surface area contributed by atoms with Crippen LogP contribution in [0.1, 0.15) is 67.3 Å². The molecule has 0 amide bonds. The molecular formula is C28H26F4O2. The number of esters is 1. The molecule has 1 fully saturated rings. The number of benzene rings is 3. The number of halogens is 4. The SMILES string of the molecule is C/C=C/CCC1CCC(c2cc(F)c(C(=O)Oc3ccc4c(F)c(F)ccc4c3)c(F)c2)CC1. The van der Waals surface area contributed by atoms with Crippen LogP contribution in [0.3, 0.4) is 0 Å². The highest BCUT2D eigenvalue weighted by atomic mass is 19.2. The van der Waals surface area contributed by atoms with Crippen LogP contribution in [0.25, 0.3) is 10.8 Å². The van der Waals surface area contributed by atoms with E-state index in [-0.39, 0.29) is 17.1 Å². The van der Waals surface area contributed by atoms with Gasteiger partial charge in [0.15, 0.2) is 11.6 Å². The lowest BCUT2D eigenvalue weighted by atomic mass is 9.77. The van der Waals surface area contributed by atoms with Gasteiger partial charge in [0.25, 0.3) is 0 Å². The van der Waals surface area contributed by atoms with Crippen LogP contribution in [-0.4, -0.2) is 5.97 Å². The van der Waals surface area contributed by atoms with Gasteiger partial charge in [-0.3, -0.25) is 0 Å². The molecule has 178 valence electrons. The van der Waals surface area contributed by atoms with Crippen LogP contribution in [0, 0.1) is 29.2 Å². The van der Waals surface area contributed by atoms with E-state index in [4.69, 9.17) is 4.74 Å². The van der Waals surface area contributed by atoms with Gasteiger partial charge in [0, 0.05) is 5.39 Å². The minimum Gasteiger partial charge on any atom is -0.423 e. The smallest absolute Gasteiger partial charge is 0.349 e. The zero-order valence-corrected chi connectivity index (χ0v) is 18.9. The Morgan fingerprint density at radius 3 is 2.32 bits per heavy atom. The summed E-state index contributed by atoms with van der Waals surface area (Å²) in [6.45, 7) is 2.00. The molecule has 6 heteroatoms. The summed E-state index contributed by atoms with van der Waals surface area (Å²) in [7, 11) is 0. The quantitative estimate of drug-likeness (QED) is 0.157. The fraction of sp³-hybridized carbons (Fsp3) is 0.321. The van der Waals surface area contributed by atoms with E-state index < -0.39 is 34.8 Å². The third-order valence-electron chi connectivity index (χ3n) is 6.65. The molecule has 0 atom stereocenters. The second-order valence-corrected chi connectivity index (χ2v) is 8.86. The van der Waals surface area contributed by atoms with Crippen molar-refractivity contribution in [3.05, 3.63) is 89.0 Å². The van der Waals surface area contributed by atoms with Crippen molar-refractivity contribution in [3.8, 4) is 5.75 Å². The first-order chi connectivity index (χ1) is 16.4. The summed E-state index contributed by atoms with van der Waals surface area (Å²) in [5.41, 5.74) is -0.212. The highest BCUT2D eigenvalue weighted by Crippen LogP contribution is 2.38. The fourth-order valence-electron chi connectivity index (χ4n) is 4.77. The van der Waals surface area contributed by atoms with Gasteiger partial charge in [-0.15, -0.1) is 0 Å². The minimum atomic E-state index is -1.18. The predicted molar refractivity (Wildman–Crippen MR) is 124 cm³/mol. The van der Waals surface area contributed by atoms with Gasteiger partial charge in [0.1, 0.15) is 22.9 Å². The molecule has 4 rings (SSSR count). The van der Waals surface area contributed by atoms with Crippen LogP contribution in [0.15, 0.2) is 54.6 Å². The second kappa shape index (κ2) is 10.4. The number of hydrogen-bond acceptors (Lipinski definition) is 2. The van der Waals surface area contributed by atoms with Crippen LogP contribution in [0.5, 0.6) is 5.75 Å². The van der Waals surface area contributed by atoms with Gasteiger partial charge in [-0.2, -0.15) is 0 Å². The highest BCUT2D eigenvalue weighted by Gasteiger charge is 2.26. The van der Waals surface area contributed by atoms with Gasteiger partial charge in [-0.25, -0.2) is 22.4 Å². The molecule has 1 saturated carbocycles. The molecule has 1 aliphatic rings. The van der Waals surface area contributed by atoms with Crippen molar-refractivity contribution in [2.75, 3.05) is 0 Å². The third-order valence-corrected chi connectivity index (χ3v) is 6.65. The molecule has 3 aromatic carbocycles. The molecule has 0 aliphatic heterocycles. The Balaban J connectivity index is 1.46. The number of allylic oxidation sites excluding steroid dienone is 2. The summed E-state index contributed by atoms with van der Waals surface area (Å²) in [5.74, 6) is -4.48. The van der Waals surface area contributed by atoms with E-state index >= 15 is 0 Å². The monoisotopic (exact) mass is 470 g/mol. The van der Waals surface area contributed by atoms with Gasteiger partial charge in [-0.05, 0) is 105 Å². The molecule has 2 nitrogen and oxygen atoms in total. The number of carbonyl (C=O) groups is 1. The number of ether oxygens (including phenoxy) is 1. The molecule has 1 aliphatic carbocycles. The van der Waals surface area contributed by atoms with Gasteiger partial charge < -0.3 is 4.74 Å². The summed E-state index contributed by atoms with van der Waals surface area (Å²) >= 11 is 0. The molecule has 0 spiro atoms. The molecule has 0 heterocycles. The summed E-state index contributed by atoms with van der Waals surface area (Å²) in [4.78, 5) is 12.5. The van der Waals surface area contributed by atoms with E-state index in [0.29, 0.717) is 16.9 Å². The molecule has 0 bridgehead atoms. The average Bonchev–Trinajstić information content (AvgIpc) is 2.81. The number of carbonyl (C=O) groups excluding carboxylic acids is 1. The Morgan fingerprint density at radius 2 is 1.65 bits per heavy atom. The van der Waals surface area contributed by atoms with Gasteiger partial charge in [0.2, 0.25) is 0 Å². The summed E-state index contributed by atoms with van der Waals surface area (Å²) in [6.07, 6.45) is 10.1. The van der Waals surface area contributed by atoms with Crippen molar-refractivity contribution in [1.82, 2.24) is 0 Å². The van der Waals surface area contributed by atoms with E-state index in [1.54, 1.807) is 0 Å². The first-order valence-electron chi connectivity index (χ1n) is 11.6. The fourth-order valence-corrected chi connectivity index (χ4v) is 4.77. The lowest BCUT2D eigenvalue weighted by molar-refractivity contribution is 0.0724. The number of rotatable bonds is 6. The Labute approximate surface area is 196 Å². The Hall–Kier alpha value is -3.15. The maximum Gasteiger partial charge on any atom is 0.349 e. The van der Waals surface area contributed by atoms with Gasteiger partial charge in [-0.1, -0.05) is 18.2 Å². The maximum absolute atomic E-state index is 14.8. The van der Waals surface area contributed by atoms with Crippen LogP contribution < -0.4 is 4.74 Å². The Morgan fingerprint density at radius 1 is 0.941 bits per heavy atom.